The molecule has 0 radical (unpaired) electrons. The Kier molecular flexibility index (Phi) is 1.68. The Labute approximate surface area is 83.3 Å². The van der Waals surface area contributed by atoms with Gasteiger partial charge < -0.3 is 5.32 Å². The Morgan fingerprint density at radius 2 is 2.29 bits per heavy atom. The summed E-state index contributed by atoms with van der Waals surface area (Å²) in [5.41, 5.74) is 3.88. The third-order valence-electron chi connectivity index (χ3n) is 3.57. The number of hydrogen-bond donors (Lipinski definition) is 1. The zero-order chi connectivity index (χ0) is 9.71. The van der Waals surface area contributed by atoms with Gasteiger partial charge in [-0.25, -0.2) is 4.39 Å². The normalized spacial score (nSPS) is 29.0. The van der Waals surface area contributed by atoms with E-state index in [1.165, 1.54) is 23.1 Å². The van der Waals surface area contributed by atoms with Gasteiger partial charge in [0, 0.05) is 12.6 Å². The molecule has 1 aliphatic carbocycles. The third-order valence-corrected chi connectivity index (χ3v) is 3.57. The van der Waals surface area contributed by atoms with Crippen molar-refractivity contribution in [3.63, 3.8) is 0 Å². The number of rotatable bonds is 0. The maximum atomic E-state index is 13.3. The summed E-state index contributed by atoms with van der Waals surface area (Å²) >= 11 is 0. The molecule has 0 amide bonds. The smallest absolute Gasteiger partial charge is 0.123 e. The van der Waals surface area contributed by atoms with E-state index in [4.69, 9.17) is 0 Å². The van der Waals surface area contributed by atoms with E-state index in [-0.39, 0.29) is 5.82 Å². The van der Waals surface area contributed by atoms with Gasteiger partial charge in [0.15, 0.2) is 0 Å². The zero-order valence-corrected chi connectivity index (χ0v) is 8.31. The quantitative estimate of drug-likeness (QED) is 0.664. The van der Waals surface area contributed by atoms with Crippen molar-refractivity contribution < 1.29 is 4.39 Å². The number of nitrogens with one attached hydrogen (secondary N) is 1. The van der Waals surface area contributed by atoms with E-state index in [9.17, 15) is 4.39 Å². The lowest BCUT2D eigenvalue weighted by Crippen LogP contribution is -2.30. The van der Waals surface area contributed by atoms with Gasteiger partial charge in [-0.15, -0.1) is 0 Å². The summed E-state index contributed by atoms with van der Waals surface area (Å²) in [4.78, 5) is 0. The molecule has 0 saturated carbocycles. The van der Waals surface area contributed by atoms with E-state index in [0.29, 0.717) is 12.0 Å². The second-order valence-electron chi connectivity index (χ2n) is 4.43. The predicted octanol–water partition coefficient (Wildman–Crippen LogP) is 2.52. The molecule has 0 aromatic heterocycles. The zero-order valence-electron chi connectivity index (χ0n) is 8.31. The van der Waals surface area contributed by atoms with Crippen LogP contribution in [0.4, 0.5) is 4.39 Å². The van der Waals surface area contributed by atoms with Gasteiger partial charge in [-0.05, 0) is 54.5 Å². The van der Waals surface area contributed by atoms with Crippen LogP contribution < -0.4 is 5.32 Å². The molecule has 1 aromatic carbocycles. The lowest BCUT2D eigenvalue weighted by Gasteiger charge is -2.28. The minimum absolute atomic E-state index is 0.0741. The molecule has 1 N–H and O–H groups in total. The van der Waals surface area contributed by atoms with E-state index >= 15 is 0 Å². The van der Waals surface area contributed by atoms with Crippen LogP contribution >= 0.6 is 0 Å². The van der Waals surface area contributed by atoms with Gasteiger partial charge in [0.05, 0.1) is 0 Å². The Hall–Kier alpha value is -0.890. The Morgan fingerprint density at radius 1 is 1.43 bits per heavy atom. The first-order chi connectivity index (χ1) is 6.75. The van der Waals surface area contributed by atoms with E-state index in [1.54, 1.807) is 12.1 Å². The van der Waals surface area contributed by atoms with Crippen LogP contribution in [0.5, 0.6) is 0 Å². The lowest BCUT2D eigenvalue weighted by molar-refractivity contribution is 0.477. The van der Waals surface area contributed by atoms with Crippen molar-refractivity contribution in [2.24, 2.45) is 0 Å². The highest BCUT2D eigenvalue weighted by molar-refractivity contribution is 5.45. The van der Waals surface area contributed by atoms with E-state index in [2.05, 4.69) is 12.2 Å². The average molecular weight is 191 g/mol. The molecule has 1 aliphatic heterocycles. The highest BCUT2D eigenvalue weighted by atomic mass is 19.1. The van der Waals surface area contributed by atoms with Crippen LogP contribution in [0.3, 0.4) is 0 Å². The second kappa shape index (κ2) is 2.80. The van der Waals surface area contributed by atoms with E-state index < -0.39 is 0 Å². The molecule has 3 rings (SSSR count). The molecule has 0 saturated heterocycles. The molecular weight excluding hydrogens is 177 g/mol. The summed E-state index contributed by atoms with van der Waals surface area (Å²) in [7, 11) is 0. The maximum Gasteiger partial charge on any atom is 0.123 e. The predicted molar refractivity (Wildman–Crippen MR) is 53.9 cm³/mol. The van der Waals surface area contributed by atoms with Gasteiger partial charge in [-0.1, -0.05) is 0 Å². The minimum Gasteiger partial charge on any atom is -0.310 e. The Morgan fingerprint density at radius 3 is 3.14 bits per heavy atom. The summed E-state index contributed by atoms with van der Waals surface area (Å²) in [5, 5.41) is 3.43. The van der Waals surface area contributed by atoms with Gasteiger partial charge in [0.1, 0.15) is 5.82 Å². The molecule has 2 heteroatoms. The first-order valence-corrected chi connectivity index (χ1v) is 5.31. The standard InChI is InChI=1S/C12H14FN/c1-7-11-5-10(13)4-8-2-3-9(6-14-7)12(8)11/h4-5,7,9,14H,2-3,6H2,1H3. The van der Waals surface area contributed by atoms with Crippen molar-refractivity contribution in [3.05, 3.63) is 34.6 Å². The molecule has 1 aromatic rings. The number of benzene rings is 1. The molecule has 1 nitrogen and oxygen atoms in total. The van der Waals surface area contributed by atoms with Crippen molar-refractivity contribution in [2.45, 2.75) is 31.7 Å². The first-order valence-electron chi connectivity index (χ1n) is 5.31. The van der Waals surface area contributed by atoms with Crippen molar-refractivity contribution in [3.8, 4) is 0 Å². The summed E-state index contributed by atoms with van der Waals surface area (Å²) in [6.45, 7) is 3.18. The monoisotopic (exact) mass is 191 g/mol. The molecule has 74 valence electrons. The molecule has 0 bridgehead atoms. The van der Waals surface area contributed by atoms with Crippen LogP contribution in [-0.4, -0.2) is 6.54 Å². The fraction of sp³-hybridized carbons (Fsp3) is 0.500. The van der Waals surface area contributed by atoms with E-state index in [1.807, 2.05) is 0 Å². The van der Waals surface area contributed by atoms with Crippen molar-refractivity contribution in [1.82, 2.24) is 5.32 Å². The molecule has 14 heavy (non-hydrogen) atoms. The minimum atomic E-state index is -0.0741. The van der Waals surface area contributed by atoms with Crippen molar-refractivity contribution >= 4 is 0 Å². The van der Waals surface area contributed by atoms with Crippen LogP contribution in [0.25, 0.3) is 0 Å². The molecule has 2 aliphatic rings. The molecule has 0 fully saturated rings. The summed E-state index contributed by atoms with van der Waals surface area (Å²) in [6, 6.07) is 3.74. The molecule has 2 atom stereocenters. The average Bonchev–Trinajstić information content (AvgIpc) is 2.55. The van der Waals surface area contributed by atoms with Crippen molar-refractivity contribution in [2.75, 3.05) is 6.54 Å². The maximum absolute atomic E-state index is 13.3. The van der Waals surface area contributed by atoms with Gasteiger partial charge >= 0.3 is 0 Å². The molecular formula is C12H14FN. The van der Waals surface area contributed by atoms with Crippen LogP contribution in [-0.2, 0) is 6.42 Å². The summed E-state index contributed by atoms with van der Waals surface area (Å²) < 4.78 is 13.3. The first kappa shape index (κ1) is 8.42. The highest BCUT2D eigenvalue weighted by Crippen LogP contribution is 2.40. The van der Waals surface area contributed by atoms with E-state index in [0.717, 1.165) is 13.0 Å². The number of hydrogen-bond acceptors (Lipinski definition) is 1. The fourth-order valence-electron chi connectivity index (χ4n) is 2.87. The largest absolute Gasteiger partial charge is 0.310 e. The molecule has 1 heterocycles. The fourth-order valence-corrected chi connectivity index (χ4v) is 2.87. The number of halogens is 1. The van der Waals surface area contributed by atoms with Crippen LogP contribution in [0, 0.1) is 5.82 Å². The SMILES string of the molecule is CC1NCC2CCc3cc(F)cc1c32. The number of aryl methyl sites for hydroxylation is 1. The van der Waals surface area contributed by atoms with Gasteiger partial charge in [-0.3, -0.25) is 0 Å². The van der Waals surface area contributed by atoms with Crippen LogP contribution in [0.2, 0.25) is 0 Å². The van der Waals surface area contributed by atoms with Gasteiger partial charge in [0.25, 0.3) is 0 Å². The van der Waals surface area contributed by atoms with Crippen LogP contribution in [0.1, 0.15) is 42.0 Å². The Balaban J connectivity index is 2.24. The summed E-state index contributed by atoms with van der Waals surface area (Å²) in [6.07, 6.45) is 2.24. The lowest BCUT2D eigenvalue weighted by atomic mass is 9.88. The molecule has 2 unspecified atom stereocenters. The van der Waals surface area contributed by atoms with Crippen molar-refractivity contribution in [1.29, 1.82) is 0 Å². The topological polar surface area (TPSA) is 12.0 Å². The second-order valence-corrected chi connectivity index (χ2v) is 4.43. The summed E-state index contributed by atoms with van der Waals surface area (Å²) in [5.74, 6) is 0.562. The third kappa shape index (κ3) is 1.04. The van der Waals surface area contributed by atoms with Crippen LogP contribution in [0.15, 0.2) is 12.1 Å². The highest BCUT2D eigenvalue weighted by Gasteiger charge is 2.31. The molecule has 0 spiro atoms. The van der Waals surface area contributed by atoms with Gasteiger partial charge in [0.2, 0.25) is 0 Å². The Bertz CT molecular complexity index is 386. The van der Waals surface area contributed by atoms with Gasteiger partial charge in [-0.2, -0.15) is 0 Å².